The van der Waals surface area contributed by atoms with E-state index < -0.39 is 0 Å². The van der Waals surface area contributed by atoms with E-state index in [1.165, 1.54) is 24.0 Å². The van der Waals surface area contributed by atoms with Gasteiger partial charge in [-0.1, -0.05) is 47.5 Å². The minimum Gasteiger partial charge on any atom is -0.258 e. The number of nitrogens with zero attached hydrogens (tertiary/aromatic N) is 4. The fraction of sp³-hybridized carbons (Fsp3) is 0.333. The zero-order valence-corrected chi connectivity index (χ0v) is 18.6. The molecular weight excluding hydrogens is 415 g/mol. The number of hydrogen-bond acceptors (Lipinski definition) is 3. The van der Waals surface area contributed by atoms with Gasteiger partial charge in [-0.15, -0.1) is 0 Å². The molecule has 1 radical (unpaired) electrons. The number of rotatable bonds is 4. The van der Waals surface area contributed by atoms with Crippen molar-refractivity contribution in [2.45, 2.75) is 32.2 Å². The molecule has 1 aromatic heterocycles. The van der Waals surface area contributed by atoms with Crippen molar-refractivity contribution in [3.8, 4) is 0 Å². The van der Waals surface area contributed by atoms with E-state index in [9.17, 15) is 0 Å². The highest BCUT2D eigenvalue weighted by molar-refractivity contribution is 6.35. The van der Waals surface area contributed by atoms with Crippen LogP contribution in [0.25, 0.3) is 16.5 Å². The molecule has 6 heteroatoms. The molecular formula is C24H25Cl2N4. The molecule has 0 saturated carbocycles. The monoisotopic (exact) mass is 439 g/mol. The fourth-order valence-corrected chi connectivity index (χ4v) is 5.08. The van der Waals surface area contributed by atoms with Gasteiger partial charge in [0.1, 0.15) is 0 Å². The molecule has 0 aliphatic carbocycles. The zero-order chi connectivity index (χ0) is 20.7. The van der Waals surface area contributed by atoms with Gasteiger partial charge >= 0.3 is 0 Å². The van der Waals surface area contributed by atoms with Gasteiger partial charge in [0.2, 0.25) is 0 Å². The van der Waals surface area contributed by atoms with E-state index in [1.54, 1.807) is 6.07 Å². The first-order valence-corrected chi connectivity index (χ1v) is 11.3. The molecule has 0 amide bonds. The van der Waals surface area contributed by atoms with Gasteiger partial charge in [0, 0.05) is 41.6 Å². The van der Waals surface area contributed by atoms with Crippen LogP contribution in [-0.2, 0) is 0 Å². The molecule has 2 aliphatic heterocycles. The summed E-state index contributed by atoms with van der Waals surface area (Å²) in [4.78, 5) is 0. The van der Waals surface area contributed by atoms with Crippen LogP contribution in [0.4, 0.5) is 0 Å². The molecule has 3 aromatic rings. The minimum atomic E-state index is 0.0176. The largest absolute Gasteiger partial charge is 0.258 e. The summed E-state index contributed by atoms with van der Waals surface area (Å²) in [7, 11) is 0. The van der Waals surface area contributed by atoms with Gasteiger partial charge in [-0.05, 0) is 61.1 Å². The topological polar surface area (TPSA) is 24.3 Å². The maximum absolute atomic E-state index is 6.47. The molecule has 155 valence electrons. The van der Waals surface area contributed by atoms with E-state index in [0.29, 0.717) is 10.0 Å². The zero-order valence-electron chi connectivity index (χ0n) is 17.1. The van der Waals surface area contributed by atoms with Gasteiger partial charge in [-0.2, -0.15) is 5.10 Å². The smallest absolute Gasteiger partial charge is 0.0761 e. The molecule has 3 heterocycles. The highest BCUT2D eigenvalue weighted by Gasteiger charge is 2.22. The number of fused-ring (bicyclic) bond motifs is 1. The van der Waals surface area contributed by atoms with Crippen molar-refractivity contribution in [2.75, 3.05) is 19.6 Å². The molecule has 2 aliphatic rings. The predicted octanol–water partition coefficient (Wildman–Crippen LogP) is 6.21. The molecule has 5 rings (SSSR count). The average Bonchev–Trinajstić information content (AvgIpc) is 3.43. The Labute approximate surface area is 187 Å². The maximum Gasteiger partial charge on any atom is 0.0761 e. The Morgan fingerprint density at radius 3 is 2.70 bits per heavy atom. The second kappa shape index (κ2) is 8.35. The third-order valence-corrected chi connectivity index (χ3v) is 6.79. The minimum absolute atomic E-state index is 0.0176. The summed E-state index contributed by atoms with van der Waals surface area (Å²) in [5, 5.41) is 12.0. The first-order chi connectivity index (χ1) is 14.6. The lowest BCUT2D eigenvalue weighted by Gasteiger charge is -2.33. The van der Waals surface area contributed by atoms with Crippen LogP contribution >= 0.6 is 23.2 Å². The van der Waals surface area contributed by atoms with Crippen molar-refractivity contribution >= 4 is 39.7 Å². The molecule has 1 saturated heterocycles. The SMILES string of the molecule is C[C@H](c1ccc(Cl)cc1Cl)n1ncc2ccc(C3=CCN(N4[CH]CCC4)CC3)cc21. The van der Waals surface area contributed by atoms with Crippen LogP contribution in [0, 0.1) is 6.54 Å². The molecule has 1 atom stereocenters. The molecule has 4 nitrogen and oxygen atoms in total. The highest BCUT2D eigenvalue weighted by atomic mass is 35.5. The van der Waals surface area contributed by atoms with Crippen LogP contribution in [0.5, 0.6) is 0 Å². The molecule has 30 heavy (non-hydrogen) atoms. The van der Waals surface area contributed by atoms with Gasteiger partial charge in [0.05, 0.1) is 17.8 Å². The van der Waals surface area contributed by atoms with Gasteiger partial charge in [0.15, 0.2) is 0 Å². The summed E-state index contributed by atoms with van der Waals surface area (Å²) >= 11 is 12.5. The Morgan fingerprint density at radius 1 is 1.07 bits per heavy atom. The molecule has 0 spiro atoms. The third kappa shape index (κ3) is 3.78. The normalized spacial score (nSPS) is 19.4. The van der Waals surface area contributed by atoms with E-state index in [4.69, 9.17) is 23.2 Å². The van der Waals surface area contributed by atoms with Crippen molar-refractivity contribution in [3.05, 3.63) is 76.4 Å². The molecule has 1 fully saturated rings. The Hall–Kier alpha value is -1.85. The van der Waals surface area contributed by atoms with Crippen LogP contribution in [0.15, 0.2) is 48.7 Å². The van der Waals surface area contributed by atoms with E-state index in [2.05, 4.69) is 57.5 Å². The average molecular weight is 440 g/mol. The van der Waals surface area contributed by atoms with Crippen molar-refractivity contribution in [1.29, 1.82) is 0 Å². The Balaban J connectivity index is 1.43. The maximum atomic E-state index is 6.47. The summed E-state index contributed by atoms with van der Waals surface area (Å²) in [6.07, 6.45) is 7.83. The Kier molecular flexibility index (Phi) is 5.59. The summed E-state index contributed by atoms with van der Waals surface area (Å²) in [5.41, 5.74) is 4.84. The predicted molar refractivity (Wildman–Crippen MR) is 124 cm³/mol. The van der Waals surface area contributed by atoms with E-state index in [1.807, 2.05) is 18.3 Å². The number of benzene rings is 2. The number of hydrogen-bond donors (Lipinski definition) is 0. The van der Waals surface area contributed by atoms with Gasteiger partial charge < -0.3 is 0 Å². The lowest BCUT2D eigenvalue weighted by Crippen LogP contribution is -2.41. The lowest BCUT2D eigenvalue weighted by atomic mass is 9.99. The van der Waals surface area contributed by atoms with E-state index in [0.717, 1.165) is 42.5 Å². The standard InChI is InChI=1S/C24H25Cl2N4/c1-17(22-7-6-21(25)15-23(22)26)30-24-14-19(4-5-20(24)16-27-30)18-8-12-29(13-9-18)28-10-2-3-11-28/h4-8,10,14-17H,2-3,9,11-13H2,1H3/t17-/m1/s1. The quantitative estimate of drug-likeness (QED) is 0.482. The van der Waals surface area contributed by atoms with E-state index >= 15 is 0 Å². The van der Waals surface area contributed by atoms with Gasteiger partial charge in [-0.25, -0.2) is 10.0 Å². The van der Waals surface area contributed by atoms with Crippen LogP contribution in [0.1, 0.15) is 43.4 Å². The van der Waals surface area contributed by atoms with Crippen LogP contribution in [-0.4, -0.2) is 39.4 Å². The van der Waals surface area contributed by atoms with E-state index in [-0.39, 0.29) is 6.04 Å². The molecule has 0 N–H and O–H groups in total. The van der Waals surface area contributed by atoms with Crippen molar-refractivity contribution in [2.24, 2.45) is 0 Å². The third-order valence-electron chi connectivity index (χ3n) is 6.23. The molecule has 0 bridgehead atoms. The number of hydrazine groups is 1. The second-order valence-electron chi connectivity index (χ2n) is 8.08. The summed E-state index contributed by atoms with van der Waals surface area (Å²) in [6, 6.07) is 12.3. The number of halogens is 2. The van der Waals surface area contributed by atoms with Crippen LogP contribution in [0.2, 0.25) is 10.0 Å². The summed E-state index contributed by atoms with van der Waals surface area (Å²) < 4.78 is 2.06. The first kappa shape index (κ1) is 20.1. The van der Waals surface area contributed by atoms with Gasteiger partial charge in [0.25, 0.3) is 0 Å². The Bertz CT molecular complexity index is 1100. The van der Waals surface area contributed by atoms with Crippen molar-refractivity contribution in [1.82, 2.24) is 19.8 Å². The fourth-order valence-electron chi connectivity index (χ4n) is 4.51. The van der Waals surface area contributed by atoms with Crippen LogP contribution < -0.4 is 0 Å². The van der Waals surface area contributed by atoms with Crippen molar-refractivity contribution < 1.29 is 0 Å². The highest BCUT2D eigenvalue weighted by Crippen LogP contribution is 2.32. The lowest BCUT2D eigenvalue weighted by molar-refractivity contribution is 0.0309. The Morgan fingerprint density at radius 2 is 1.97 bits per heavy atom. The number of aromatic nitrogens is 2. The summed E-state index contributed by atoms with van der Waals surface area (Å²) in [5.74, 6) is 0. The molecule has 0 unspecified atom stereocenters. The second-order valence-corrected chi connectivity index (χ2v) is 8.93. The first-order valence-electron chi connectivity index (χ1n) is 10.6. The van der Waals surface area contributed by atoms with Gasteiger partial charge in [-0.3, -0.25) is 4.68 Å². The van der Waals surface area contributed by atoms with Crippen LogP contribution in [0.3, 0.4) is 0 Å². The van der Waals surface area contributed by atoms with Crippen molar-refractivity contribution in [3.63, 3.8) is 0 Å². The molecule has 2 aromatic carbocycles. The summed E-state index contributed by atoms with van der Waals surface area (Å²) in [6.45, 7) is 7.64.